The Hall–Kier alpha value is -1.63. The average Bonchev–Trinajstić information content (AvgIpc) is 2.86. The number of hydrogen-bond acceptors (Lipinski definition) is 7. The van der Waals surface area contributed by atoms with Crippen molar-refractivity contribution in [2.24, 2.45) is 0 Å². The second-order valence-electron chi connectivity index (χ2n) is 3.83. The molecule has 1 N–H and O–H groups in total. The van der Waals surface area contributed by atoms with Gasteiger partial charge >= 0.3 is 12.0 Å². The van der Waals surface area contributed by atoms with E-state index in [1.54, 1.807) is 0 Å². The molecule has 0 aliphatic carbocycles. The first-order chi connectivity index (χ1) is 8.26. The number of nitrogens with zero attached hydrogens (tertiary/aromatic N) is 4. The molecule has 0 spiro atoms. The Labute approximate surface area is 100 Å². The molecule has 94 valence electrons. The van der Waals surface area contributed by atoms with Gasteiger partial charge in [0.1, 0.15) is 0 Å². The quantitative estimate of drug-likeness (QED) is 0.772. The summed E-state index contributed by atoms with van der Waals surface area (Å²) in [7, 11) is 5.01. The summed E-state index contributed by atoms with van der Waals surface area (Å²) in [6.45, 7) is 1.80. The third-order valence-corrected chi connectivity index (χ3v) is 2.83. The Morgan fingerprint density at radius 2 is 1.82 bits per heavy atom. The highest BCUT2D eigenvalue weighted by atomic mass is 16.5. The molecule has 1 fully saturated rings. The molecule has 1 aromatic heterocycles. The first-order valence-corrected chi connectivity index (χ1v) is 5.53. The van der Waals surface area contributed by atoms with Gasteiger partial charge in [0.25, 0.3) is 0 Å². The molecule has 0 bridgehead atoms. The fraction of sp³-hybridized carbons (Fsp3) is 0.700. The lowest BCUT2D eigenvalue weighted by Crippen LogP contribution is -2.30. The van der Waals surface area contributed by atoms with Crippen molar-refractivity contribution in [1.29, 1.82) is 0 Å². The Morgan fingerprint density at radius 3 is 2.29 bits per heavy atom. The van der Waals surface area contributed by atoms with Gasteiger partial charge in [0.15, 0.2) is 0 Å². The van der Waals surface area contributed by atoms with Gasteiger partial charge in [-0.3, -0.25) is 0 Å². The van der Waals surface area contributed by atoms with Crippen molar-refractivity contribution in [1.82, 2.24) is 20.3 Å². The lowest BCUT2D eigenvalue weighted by Gasteiger charge is -2.16. The number of ether oxygens (including phenoxy) is 2. The van der Waals surface area contributed by atoms with Gasteiger partial charge in [-0.05, 0) is 13.5 Å². The van der Waals surface area contributed by atoms with Gasteiger partial charge in [-0.2, -0.15) is 9.97 Å². The van der Waals surface area contributed by atoms with E-state index in [1.165, 1.54) is 14.2 Å². The van der Waals surface area contributed by atoms with Crippen molar-refractivity contribution < 1.29 is 9.47 Å². The van der Waals surface area contributed by atoms with E-state index in [-0.39, 0.29) is 12.0 Å². The Kier molecular flexibility index (Phi) is 3.58. The van der Waals surface area contributed by atoms with Crippen LogP contribution >= 0.6 is 0 Å². The molecule has 7 heteroatoms. The molecular formula is C10H17N5O2. The molecular weight excluding hydrogens is 222 g/mol. The first kappa shape index (κ1) is 11.8. The molecule has 0 radical (unpaired) electrons. The van der Waals surface area contributed by atoms with Crippen molar-refractivity contribution >= 4 is 5.95 Å². The van der Waals surface area contributed by atoms with Crippen LogP contribution in [-0.2, 0) is 0 Å². The predicted molar refractivity (Wildman–Crippen MR) is 62.6 cm³/mol. The SMILES string of the molecule is CNC1CCN(c2nc(OC)nc(OC)n2)C1. The Balaban J connectivity index is 2.20. The van der Waals surface area contributed by atoms with E-state index in [4.69, 9.17) is 9.47 Å². The van der Waals surface area contributed by atoms with Crippen molar-refractivity contribution in [3.8, 4) is 12.0 Å². The van der Waals surface area contributed by atoms with Gasteiger partial charge in [0.2, 0.25) is 5.95 Å². The standard InChI is InChI=1S/C10H17N5O2/c1-11-7-4-5-15(6-7)8-12-9(16-2)14-10(13-8)17-3/h7,11H,4-6H2,1-3H3. The zero-order valence-corrected chi connectivity index (χ0v) is 10.3. The summed E-state index contributed by atoms with van der Waals surface area (Å²) in [5.74, 6) is 0.603. The fourth-order valence-corrected chi connectivity index (χ4v) is 1.83. The van der Waals surface area contributed by atoms with Crippen LogP contribution in [-0.4, -0.2) is 55.4 Å². The predicted octanol–water partition coefficient (Wildman–Crippen LogP) is -0.313. The number of methoxy groups -OCH3 is 2. The fourth-order valence-electron chi connectivity index (χ4n) is 1.83. The van der Waals surface area contributed by atoms with Gasteiger partial charge in [-0.15, -0.1) is 4.98 Å². The van der Waals surface area contributed by atoms with Crippen LogP contribution in [0.5, 0.6) is 12.0 Å². The highest BCUT2D eigenvalue weighted by molar-refractivity contribution is 5.34. The Morgan fingerprint density at radius 1 is 1.18 bits per heavy atom. The van der Waals surface area contributed by atoms with E-state index in [0.29, 0.717) is 12.0 Å². The van der Waals surface area contributed by atoms with Crippen LogP contribution in [0.4, 0.5) is 5.95 Å². The van der Waals surface area contributed by atoms with Crippen LogP contribution in [0.2, 0.25) is 0 Å². The molecule has 1 saturated heterocycles. The van der Waals surface area contributed by atoms with Crippen LogP contribution in [0.1, 0.15) is 6.42 Å². The van der Waals surface area contributed by atoms with Gasteiger partial charge in [0.05, 0.1) is 14.2 Å². The van der Waals surface area contributed by atoms with E-state index in [0.717, 1.165) is 19.5 Å². The van der Waals surface area contributed by atoms with E-state index in [9.17, 15) is 0 Å². The average molecular weight is 239 g/mol. The molecule has 7 nitrogen and oxygen atoms in total. The summed E-state index contributed by atoms with van der Waals surface area (Å²) in [6, 6.07) is 1.03. The topological polar surface area (TPSA) is 72.4 Å². The number of hydrogen-bond donors (Lipinski definition) is 1. The smallest absolute Gasteiger partial charge is 0.324 e. The lowest BCUT2D eigenvalue weighted by atomic mass is 10.3. The zero-order valence-electron chi connectivity index (χ0n) is 10.3. The third kappa shape index (κ3) is 2.55. The van der Waals surface area contributed by atoms with Crippen LogP contribution in [0.15, 0.2) is 0 Å². The maximum Gasteiger partial charge on any atom is 0.324 e. The molecule has 1 aromatic rings. The second-order valence-corrected chi connectivity index (χ2v) is 3.83. The van der Waals surface area contributed by atoms with Gasteiger partial charge in [0, 0.05) is 19.1 Å². The normalized spacial score (nSPS) is 19.5. The summed E-state index contributed by atoms with van der Waals surface area (Å²) in [6.07, 6.45) is 1.08. The van der Waals surface area contributed by atoms with E-state index >= 15 is 0 Å². The van der Waals surface area contributed by atoms with Crippen LogP contribution in [0.3, 0.4) is 0 Å². The molecule has 1 aliphatic rings. The third-order valence-electron chi connectivity index (χ3n) is 2.83. The summed E-state index contributed by atoms with van der Waals surface area (Å²) in [4.78, 5) is 14.5. The van der Waals surface area contributed by atoms with Crippen molar-refractivity contribution in [3.63, 3.8) is 0 Å². The Bertz CT molecular complexity index is 365. The van der Waals surface area contributed by atoms with Crippen molar-refractivity contribution in [2.45, 2.75) is 12.5 Å². The molecule has 2 heterocycles. The van der Waals surface area contributed by atoms with Crippen LogP contribution in [0, 0.1) is 0 Å². The van der Waals surface area contributed by atoms with Crippen molar-refractivity contribution in [2.75, 3.05) is 39.3 Å². The molecule has 0 aromatic carbocycles. The minimum atomic E-state index is 0.278. The van der Waals surface area contributed by atoms with E-state index < -0.39 is 0 Å². The zero-order chi connectivity index (χ0) is 12.3. The molecule has 0 saturated carbocycles. The highest BCUT2D eigenvalue weighted by Gasteiger charge is 2.24. The number of anilines is 1. The van der Waals surface area contributed by atoms with Crippen LogP contribution in [0.25, 0.3) is 0 Å². The van der Waals surface area contributed by atoms with Gasteiger partial charge in [-0.25, -0.2) is 0 Å². The van der Waals surface area contributed by atoms with Gasteiger partial charge in [-0.1, -0.05) is 0 Å². The van der Waals surface area contributed by atoms with E-state index in [1.807, 2.05) is 7.05 Å². The number of likely N-dealkylation sites (N-methyl/N-ethyl adjacent to an activating group) is 1. The molecule has 2 rings (SSSR count). The first-order valence-electron chi connectivity index (χ1n) is 5.53. The maximum absolute atomic E-state index is 5.03. The lowest BCUT2D eigenvalue weighted by molar-refractivity contribution is 0.340. The molecule has 17 heavy (non-hydrogen) atoms. The molecule has 1 aliphatic heterocycles. The molecule has 1 atom stereocenters. The summed E-state index contributed by atoms with van der Waals surface area (Å²) in [5, 5.41) is 3.25. The minimum absolute atomic E-state index is 0.278. The van der Waals surface area contributed by atoms with Crippen molar-refractivity contribution in [3.05, 3.63) is 0 Å². The van der Waals surface area contributed by atoms with E-state index in [2.05, 4.69) is 25.2 Å². The maximum atomic E-state index is 5.03. The monoisotopic (exact) mass is 239 g/mol. The number of rotatable bonds is 4. The minimum Gasteiger partial charge on any atom is -0.467 e. The number of aromatic nitrogens is 3. The molecule has 1 unspecified atom stereocenters. The highest BCUT2D eigenvalue weighted by Crippen LogP contribution is 2.20. The largest absolute Gasteiger partial charge is 0.467 e. The summed E-state index contributed by atoms with van der Waals surface area (Å²) < 4.78 is 10.1. The molecule has 0 amide bonds. The van der Waals surface area contributed by atoms with Gasteiger partial charge < -0.3 is 19.7 Å². The summed E-state index contributed by atoms with van der Waals surface area (Å²) in [5.41, 5.74) is 0. The summed E-state index contributed by atoms with van der Waals surface area (Å²) >= 11 is 0. The van der Waals surface area contributed by atoms with Crippen LogP contribution < -0.4 is 19.7 Å². The second kappa shape index (κ2) is 5.13. The number of nitrogens with one attached hydrogen (secondary N) is 1.